The molecule has 0 aliphatic carbocycles. The second kappa shape index (κ2) is 9.78. The fourth-order valence-corrected chi connectivity index (χ4v) is 4.19. The number of nitrogens with zero attached hydrogens (tertiary/aromatic N) is 4. The Morgan fingerprint density at radius 2 is 1.75 bits per heavy atom. The van der Waals surface area contributed by atoms with Gasteiger partial charge in [0.15, 0.2) is 11.0 Å². The van der Waals surface area contributed by atoms with Gasteiger partial charge in [0.25, 0.3) is 0 Å². The Morgan fingerprint density at radius 3 is 2.44 bits per heavy atom. The van der Waals surface area contributed by atoms with Crippen LogP contribution in [0, 0.1) is 13.8 Å². The van der Waals surface area contributed by atoms with Crippen molar-refractivity contribution in [3.63, 3.8) is 0 Å². The summed E-state index contributed by atoms with van der Waals surface area (Å²) in [7, 11) is 0. The van der Waals surface area contributed by atoms with E-state index in [9.17, 15) is 4.79 Å². The molecule has 0 aliphatic heterocycles. The summed E-state index contributed by atoms with van der Waals surface area (Å²) in [5, 5.41) is 12.5. The van der Waals surface area contributed by atoms with E-state index >= 15 is 0 Å². The van der Waals surface area contributed by atoms with Crippen LogP contribution in [0.5, 0.6) is 0 Å². The van der Waals surface area contributed by atoms with Crippen LogP contribution in [0.2, 0.25) is 0 Å². The first kappa shape index (κ1) is 21.8. The van der Waals surface area contributed by atoms with Gasteiger partial charge in [0.05, 0.1) is 5.75 Å². The molecule has 2 aromatic heterocycles. The van der Waals surface area contributed by atoms with Crippen LogP contribution < -0.4 is 5.32 Å². The Hall–Kier alpha value is -3.45. The van der Waals surface area contributed by atoms with Crippen LogP contribution in [-0.4, -0.2) is 31.4 Å². The minimum atomic E-state index is -0.0803. The first-order valence-corrected chi connectivity index (χ1v) is 11.5. The van der Waals surface area contributed by atoms with E-state index in [2.05, 4.69) is 57.8 Å². The number of carbonyl (C=O) groups excluding carboxylic acids is 1. The van der Waals surface area contributed by atoms with Crippen molar-refractivity contribution in [3.8, 4) is 17.1 Å². The number of thioether (sulfide) groups is 1. The largest absolute Gasteiger partial charge is 0.325 e. The summed E-state index contributed by atoms with van der Waals surface area (Å²) < 4.78 is 1.99. The summed E-state index contributed by atoms with van der Waals surface area (Å²) in [5.41, 5.74) is 6.17. The molecule has 7 heteroatoms. The molecular weight excluding hydrogens is 418 g/mol. The zero-order valence-electron chi connectivity index (χ0n) is 18.4. The lowest BCUT2D eigenvalue weighted by molar-refractivity contribution is -0.113. The predicted molar refractivity (Wildman–Crippen MR) is 129 cm³/mol. The Balaban J connectivity index is 1.59. The number of hydrogen-bond donors (Lipinski definition) is 1. The smallest absolute Gasteiger partial charge is 0.234 e. The number of pyridine rings is 1. The highest BCUT2D eigenvalue weighted by molar-refractivity contribution is 7.99. The van der Waals surface area contributed by atoms with Crippen molar-refractivity contribution in [2.75, 3.05) is 11.1 Å². The summed E-state index contributed by atoms with van der Waals surface area (Å²) >= 11 is 1.37. The van der Waals surface area contributed by atoms with Gasteiger partial charge in [0.2, 0.25) is 5.91 Å². The highest BCUT2D eigenvalue weighted by Gasteiger charge is 2.17. The lowest BCUT2D eigenvalue weighted by Crippen LogP contribution is -2.15. The molecule has 0 unspecified atom stereocenters. The number of aryl methyl sites for hydroxylation is 3. The summed E-state index contributed by atoms with van der Waals surface area (Å²) in [6.45, 7) is 6.16. The van der Waals surface area contributed by atoms with Crippen molar-refractivity contribution >= 4 is 23.4 Å². The van der Waals surface area contributed by atoms with E-state index in [0.29, 0.717) is 11.0 Å². The van der Waals surface area contributed by atoms with Gasteiger partial charge in [-0.2, -0.15) is 0 Å². The fourth-order valence-electron chi connectivity index (χ4n) is 3.44. The monoisotopic (exact) mass is 443 g/mol. The number of nitrogens with one attached hydrogen (secondary N) is 1. The van der Waals surface area contributed by atoms with Crippen LogP contribution in [0.15, 0.2) is 72.1 Å². The molecule has 1 amide bonds. The number of amides is 1. The molecule has 4 aromatic rings. The highest BCUT2D eigenvalue weighted by Crippen LogP contribution is 2.28. The van der Waals surface area contributed by atoms with Crippen LogP contribution in [0.25, 0.3) is 17.1 Å². The lowest BCUT2D eigenvalue weighted by Gasteiger charge is -2.12. The van der Waals surface area contributed by atoms with E-state index in [1.165, 1.54) is 22.9 Å². The van der Waals surface area contributed by atoms with Gasteiger partial charge in [0, 0.05) is 29.3 Å². The number of hydrogen-bond acceptors (Lipinski definition) is 5. The highest BCUT2D eigenvalue weighted by atomic mass is 32.2. The Kier molecular flexibility index (Phi) is 6.66. The van der Waals surface area contributed by atoms with Gasteiger partial charge >= 0.3 is 0 Å². The van der Waals surface area contributed by atoms with E-state index in [4.69, 9.17) is 0 Å². The number of rotatable bonds is 7. The molecule has 2 heterocycles. The van der Waals surface area contributed by atoms with Gasteiger partial charge in [-0.15, -0.1) is 10.2 Å². The minimum Gasteiger partial charge on any atom is -0.325 e. The molecule has 4 rings (SSSR count). The van der Waals surface area contributed by atoms with Crippen molar-refractivity contribution in [1.82, 2.24) is 19.7 Å². The van der Waals surface area contributed by atoms with Crippen molar-refractivity contribution in [2.24, 2.45) is 0 Å². The topological polar surface area (TPSA) is 72.7 Å². The molecule has 0 radical (unpaired) electrons. The molecule has 1 N–H and O–H groups in total. The lowest BCUT2D eigenvalue weighted by atomic mass is 10.1. The first-order chi connectivity index (χ1) is 15.5. The van der Waals surface area contributed by atoms with E-state index in [0.717, 1.165) is 28.9 Å². The second-order valence-electron chi connectivity index (χ2n) is 7.55. The molecule has 6 nitrogen and oxygen atoms in total. The molecule has 2 aromatic carbocycles. The van der Waals surface area contributed by atoms with Gasteiger partial charge in [-0.1, -0.05) is 48.5 Å². The maximum absolute atomic E-state index is 12.6. The van der Waals surface area contributed by atoms with Gasteiger partial charge in [-0.25, -0.2) is 0 Å². The van der Waals surface area contributed by atoms with Crippen LogP contribution >= 0.6 is 11.8 Å². The minimum absolute atomic E-state index is 0.0803. The second-order valence-corrected chi connectivity index (χ2v) is 8.50. The Labute approximate surface area is 192 Å². The molecule has 0 fully saturated rings. The standard InChI is InChI=1S/C25H25N5OS/c1-4-19-6-8-21(9-7-19)30-24(20-11-13-26-14-12-20)28-29-25(30)32-16-23(31)27-22-10-5-17(2)15-18(22)3/h5-15H,4,16H2,1-3H3,(H,27,31). The van der Waals surface area contributed by atoms with Gasteiger partial charge in [-0.05, 0) is 61.7 Å². The molecule has 0 atom stereocenters. The van der Waals surface area contributed by atoms with Crippen molar-refractivity contribution in [2.45, 2.75) is 32.3 Å². The third kappa shape index (κ3) is 4.89. The van der Waals surface area contributed by atoms with Crippen LogP contribution in [0.1, 0.15) is 23.6 Å². The number of carbonyl (C=O) groups is 1. The molecule has 162 valence electrons. The average molecular weight is 444 g/mol. The van der Waals surface area contributed by atoms with E-state index in [1.807, 2.05) is 42.7 Å². The Bertz CT molecular complexity index is 1220. The zero-order valence-corrected chi connectivity index (χ0v) is 19.2. The van der Waals surface area contributed by atoms with Gasteiger partial charge < -0.3 is 5.32 Å². The normalized spacial score (nSPS) is 10.8. The SMILES string of the molecule is CCc1ccc(-n2c(SCC(=O)Nc3ccc(C)cc3C)nnc2-c2ccncc2)cc1. The average Bonchev–Trinajstić information content (AvgIpc) is 3.24. The van der Waals surface area contributed by atoms with E-state index in [1.54, 1.807) is 12.4 Å². The molecular formula is C25H25N5OS. The van der Waals surface area contributed by atoms with Crippen molar-refractivity contribution < 1.29 is 4.79 Å². The van der Waals surface area contributed by atoms with E-state index in [-0.39, 0.29) is 11.7 Å². The maximum Gasteiger partial charge on any atom is 0.234 e. The molecule has 32 heavy (non-hydrogen) atoms. The van der Waals surface area contributed by atoms with E-state index < -0.39 is 0 Å². The molecule has 0 aliphatic rings. The molecule has 0 bridgehead atoms. The number of benzene rings is 2. The van der Waals surface area contributed by atoms with Crippen molar-refractivity contribution in [3.05, 3.63) is 83.7 Å². The summed E-state index contributed by atoms with van der Waals surface area (Å²) in [4.78, 5) is 16.7. The zero-order chi connectivity index (χ0) is 22.5. The molecule has 0 saturated carbocycles. The Morgan fingerprint density at radius 1 is 1.00 bits per heavy atom. The number of anilines is 1. The number of aromatic nitrogens is 4. The van der Waals surface area contributed by atoms with Crippen LogP contribution in [0.3, 0.4) is 0 Å². The third-order valence-electron chi connectivity index (χ3n) is 5.16. The summed E-state index contributed by atoms with van der Waals surface area (Å²) in [6, 6.07) is 18.1. The van der Waals surface area contributed by atoms with Gasteiger partial charge in [-0.3, -0.25) is 14.3 Å². The third-order valence-corrected chi connectivity index (χ3v) is 6.09. The first-order valence-electron chi connectivity index (χ1n) is 10.5. The van der Waals surface area contributed by atoms with Crippen LogP contribution in [-0.2, 0) is 11.2 Å². The molecule has 0 saturated heterocycles. The van der Waals surface area contributed by atoms with Gasteiger partial charge in [0.1, 0.15) is 0 Å². The predicted octanol–water partition coefficient (Wildman–Crippen LogP) is 5.24. The summed E-state index contributed by atoms with van der Waals surface area (Å²) in [5.74, 6) is 0.867. The van der Waals surface area contributed by atoms with Crippen molar-refractivity contribution in [1.29, 1.82) is 0 Å². The maximum atomic E-state index is 12.6. The quantitative estimate of drug-likeness (QED) is 0.396. The summed E-state index contributed by atoms with van der Waals surface area (Å²) in [6.07, 6.45) is 4.44. The molecule has 0 spiro atoms. The fraction of sp³-hybridized carbons (Fsp3) is 0.200. The van der Waals surface area contributed by atoms with Crippen LogP contribution in [0.4, 0.5) is 5.69 Å².